The Hall–Kier alpha value is -2.88. The molecule has 1 aliphatic heterocycles. The second kappa shape index (κ2) is 7.63. The fourth-order valence-corrected chi connectivity index (χ4v) is 3.13. The van der Waals surface area contributed by atoms with Crippen molar-refractivity contribution in [1.29, 1.82) is 0 Å². The molecule has 3 rings (SSSR count). The van der Waals surface area contributed by atoms with E-state index in [0.717, 1.165) is 6.07 Å². The summed E-state index contributed by atoms with van der Waals surface area (Å²) in [5.41, 5.74) is 0.125. The number of nitrogens with zero attached hydrogens (tertiary/aromatic N) is 2. The van der Waals surface area contributed by atoms with Crippen LogP contribution in [0.5, 0.6) is 5.75 Å². The average Bonchev–Trinajstić information content (AvgIpc) is 2.62. The summed E-state index contributed by atoms with van der Waals surface area (Å²) in [5.74, 6) is -0.938. The van der Waals surface area contributed by atoms with Crippen molar-refractivity contribution in [2.24, 2.45) is 0 Å². The summed E-state index contributed by atoms with van der Waals surface area (Å²) in [6.45, 7) is 2.17. The number of halogens is 3. The van der Waals surface area contributed by atoms with Gasteiger partial charge in [0.2, 0.25) is 0 Å². The monoisotopic (exact) mass is 396 g/mol. The molecule has 0 spiro atoms. The highest BCUT2D eigenvalue weighted by Gasteiger charge is 2.31. The molecule has 2 heterocycles. The molecular weight excluding hydrogens is 377 g/mol. The zero-order valence-corrected chi connectivity index (χ0v) is 14.9. The highest BCUT2D eigenvalue weighted by atomic mass is 19.4. The summed E-state index contributed by atoms with van der Waals surface area (Å²) in [7, 11) is 0. The van der Waals surface area contributed by atoms with Crippen LogP contribution in [0.15, 0.2) is 24.3 Å². The summed E-state index contributed by atoms with van der Waals surface area (Å²) < 4.78 is 38.2. The first-order valence-electron chi connectivity index (χ1n) is 8.63. The number of carboxylic acid groups (broad SMARTS) is 1. The predicted octanol–water partition coefficient (Wildman–Crippen LogP) is 2.79. The smallest absolute Gasteiger partial charge is 0.416 e. The lowest BCUT2D eigenvalue weighted by Crippen LogP contribution is -2.48. The van der Waals surface area contributed by atoms with Crippen LogP contribution in [0, 0.1) is 6.92 Å². The van der Waals surface area contributed by atoms with Crippen molar-refractivity contribution in [3.63, 3.8) is 0 Å². The molecule has 0 saturated carbocycles. The normalized spacial score (nSPS) is 20.0. The lowest BCUT2D eigenvalue weighted by atomic mass is 10.0. The van der Waals surface area contributed by atoms with Gasteiger partial charge < -0.3 is 20.8 Å². The maximum Gasteiger partial charge on any atom is 0.416 e. The average molecular weight is 396 g/mol. The third-order valence-corrected chi connectivity index (χ3v) is 4.63. The Morgan fingerprint density at radius 2 is 2.00 bits per heavy atom. The summed E-state index contributed by atoms with van der Waals surface area (Å²) in [6.07, 6.45) is -3.42. The fourth-order valence-electron chi connectivity index (χ4n) is 3.13. The van der Waals surface area contributed by atoms with Crippen molar-refractivity contribution in [3.8, 4) is 17.0 Å². The van der Waals surface area contributed by atoms with Crippen LogP contribution in [-0.2, 0) is 11.0 Å². The van der Waals surface area contributed by atoms with Crippen molar-refractivity contribution in [1.82, 2.24) is 15.5 Å². The number of rotatable bonds is 4. The van der Waals surface area contributed by atoms with Gasteiger partial charge in [0.25, 0.3) is 0 Å². The first-order valence-corrected chi connectivity index (χ1v) is 8.63. The van der Waals surface area contributed by atoms with Crippen molar-refractivity contribution in [3.05, 3.63) is 35.4 Å². The third kappa shape index (κ3) is 4.33. The second-order valence-corrected chi connectivity index (χ2v) is 6.71. The molecule has 0 amide bonds. The zero-order valence-electron chi connectivity index (χ0n) is 14.9. The van der Waals surface area contributed by atoms with Gasteiger partial charge in [-0.05, 0) is 49.6 Å². The summed E-state index contributed by atoms with van der Waals surface area (Å²) in [5, 5.41) is 33.2. The number of hydrogen-bond donors (Lipinski definition) is 4. The van der Waals surface area contributed by atoms with Crippen LogP contribution in [0.3, 0.4) is 0 Å². The summed E-state index contributed by atoms with van der Waals surface area (Å²) >= 11 is 0. The quantitative estimate of drug-likeness (QED) is 0.630. The van der Waals surface area contributed by atoms with Crippen LogP contribution in [0.25, 0.3) is 11.3 Å². The molecular formula is C18H19F3N4O3. The zero-order chi connectivity index (χ0) is 20.5. The molecule has 0 radical (unpaired) electrons. The molecule has 0 bridgehead atoms. The van der Waals surface area contributed by atoms with Gasteiger partial charge in [-0.3, -0.25) is 4.79 Å². The van der Waals surface area contributed by atoms with Crippen molar-refractivity contribution in [2.45, 2.75) is 38.0 Å². The van der Waals surface area contributed by atoms with Gasteiger partial charge in [0.1, 0.15) is 17.6 Å². The Kier molecular flexibility index (Phi) is 5.41. The first kappa shape index (κ1) is 19.9. The number of aryl methyl sites for hydroxylation is 1. The Morgan fingerprint density at radius 1 is 1.25 bits per heavy atom. The van der Waals surface area contributed by atoms with E-state index in [4.69, 9.17) is 5.11 Å². The summed E-state index contributed by atoms with van der Waals surface area (Å²) in [6, 6.07) is 3.82. The molecule has 1 fully saturated rings. The van der Waals surface area contributed by atoms with E-state index < -0.39 is 29.5 Å². The van der Waals surface area contributed by atoms with Crippen molar-refractivity contribution >= 4 is 11.8 Å². The van der Waals surface area contributed by atoms with Gasteiger partial charge >= 0.3 is 12.1 Å². The van der Waals surface area contributed by atoms with E-state index in [-0.39, 0.29) is 17.3 Å². The molecule has 1 aromatic carbocycles. The standard InChI is InChI=1S/C18H19F3N4O3/c1-9-6-15(23-11-3-5-13(17(27)28)22-8-11)24-25-16(9)12-4-2-10(7-14(12)26)18(19,20)21/h2,4,6-7,11,13,22,26H,3,5,8H2,1H3,(H,23,24)(H,27,28)/t11-,13-/m1/s1. The number of nitrogens with one attached hydrogen (secondary N) is 2. The predicted molar refractivity (Wildman–Crippen MR) is 94.9 cm³/mol. The molecule has 28 heavy (non-hydrogen) atoms. The van der Waals surface area contributed by atoms with Crippen LogP contribution in [0.1, 0.15) is 24.0 Å². The number of aromatic nitrogens is 2. The molecule has 7 nitrogen and oxygen atoms in total. The van der Waals surface area contributed by atoms with Crippen LogP contribution in [0.4, 0.5) is 19.0 Å². The van der Waals surface area contributed by atoms with Gasteiger partial charge in [-0.25, -0.2) is 0 Å². The minimum atomic E-state index is -4.54. The number of aliphatic carboxylic acids is 1. The molecule has 1 saturated heterocycles. The number of alkyl halides is 3. The van der Waals surface area contributed by atoms with Crippen LogP contribution < -0.4 is 10.6 Å². The van der Waals surface area contributed by atoms with E-state index in [1.54, 1.807) is 13.0 Å². The molecule has 2 atom stereocenters. The van der Waals surface area contributed by atoms with Crippen molar-refractivity contribution < 1.29 is 28.2 Å². The Labute approximate surface area is 158 Å². The highest BCUT2D eigenvalue weighted by molar-refractivity contribution is 5.73. The number of benzene rings is 1. The van der Waals surface area contributed by atoms with E-state index in [9.17, 15) is 23.1 Å². The lowest BCUT2D eigenvalue weighted by molar-refractivity contribution is -0.140. The van der Waals surface area contributed by atoms with Gasteiger partial charge in [-0.1, -0.05) is 0 Å². The van der Waals surface area contributed by atoms with Crippen LogP contribution in [0.2, 0.25) is 0 Å². The molecule has 0 unspecified atom stereocenters. The van der Waals surface area contributed by atoms with Gasteiger partial charge in [0, 0.05) is 18.2 Å². The number of piperidine rings is 1. The first-order chi connectivity index (χ1) is 13.1. The van der Waals surface area contributed by atoms with E-state index in [1.807, 2.05) is 0 Å². The number of phenols is 1. The van der Waals surface area contributed by atoms with Gasteiger partial charge in [-0.2, -0.15) is 13.2 Å². The topological polar surface area (TPSA) is 107 Å². The minimum Gasteiger partial charge on any atom is -0.507 e. The number of phenolic OH excluding ortho intramolecular Hbond substituents is 1. The minimum absolute atomic E-state index is 0.0189. The number of carboxylic acids is 1. The van der Waals surface area contributed by atoms with Gasteiger partial charge in [0.15, 0.2) is 0 Å². The SMILES string of the molecule is Cc1cc(N[C@@H]2CC[C@H](C(=O)O)NC2)nnc1-c1ccc(C(F)(F)F)cc1O. The largest absolute Gasteiger partial charge is 0.507 e. The fraction of sp³-hybridized carbons (Fsp3) is 0.389. The second-order valence-electron chi connectivity index (χ2n) is 6.71. The van der Waals surface area contributed by atoms with Crippen LogP contribution in [-0.4, -0.2) is 45.0 Å². The van der Waals surface area contributed by atoms with E-state index in [1.165, 1.54) is 6.07 Å². The number of anilines is 1. The number of aromatic hydroxyl groups is 1. The maximum atomic E-state index is 12.7. The number of hydrogen-bond acceptors (Lipinski definition) is 6. The van der Waals surface area contributed by atoms with Gasteiger partial charge in [-0.15, -0.1) is 10.2 Å². The third-order valence-electron chi connectivity index (χ3n) is 4.63. The van der Waals surface area contributed by atoms with Crippen molar-refractivity contribution in [2.75, 3.05) is 11.9 Å². The summed E-state index contributed by atoms with van der Waals surface area (Å²) in [4.78, 5) is 11.0. The van der Waals surface area contributed by atoms with E-state index in [2.05, 4.69) is 20.8 Å². The Morgan fingerprint density at radius 3 is 2.54 bits per heavy atom. The molecule has 10 heteroatoms. The Bertz CT molecular complexity index is 881. The van der Waals surface area contributed by atoms with E-state index in [0.29, 0.717) is 36.8 Å². The lowest BCUT2D eigenvalue weighted by Gasteiger charge is -2.28. The number of carbonyl (C=O) groups is 1. The molecule has 150 valence electrons. The Balaban J connectivity index is 1.74. The molecule has 1 aliphatic rings. The van der Waals surface area contributed by atoms with E-state index >= 15 is 0 Å². The molecule has 0 aliphatic carbocycles. The molecule has 4 N–H and O–H groups in total. The maximum absolute atomic E-state index is 12.7. The molecule has 2 aromatic rings. The molecule has 1 aromatic heterocycles. The van der Waals surface area contributed by atoms with Crippen LogP contribution >= 0.6 is 0 Å². The highest BCUT2D eigenvalue weighted by Crippen LogP contribution is 2.36. The van der Waals surface area contributed by atoms with Gasteiger partial charge in [0.05, 0.1) is 11.3 Å².